The van der Waals surface area contributed by atoms with E-state index in [0.717, 1.165) is 11.0 Å². The first-order valence-corrected chi connectivity index (χ1v) is 6.25. The first kappa shape index (κ1) is 15.9. The number of phenolic OH excluding ortho intramolecular Hbond substituents is 2. The van der Waals surface area contributed by atoms with Gasteiger partial charge in [0.1, 0.15) is 16.5 Å². The van der Waals surface area contributed by atoms with Gasteiger partial charge in [-0.2, -0.15) is 0 Å². The Kier molecular flexibility index (Phi) is 5.04. The van der Waals surface area contributed by atoms with Crippen molar-refractivity contribution in [1.29, 1.82) is 5.41 Å². The minimum Gasteiger partial charge on any atom is -0.507 e. The molecule has 1 aromatic rings. The number of guanidine groups is 1. The number of aromatic hydroxyl groups is 2. The molecule has 7 nitrogen and oxygen atoms in total. The molecule has 0 aliphatic rings. The highest BCUT2D eigenvalue weighted by molar-refractivity contribution is 6.35. The Morgan fingerprint density at radius 3 is 2.60 bits per heavy atom. The van der Waals surface area contributed by atoms with Gasteiger partial charge in [-0.25, -0.2) is 4.79 Å². The van der Waals surface area contributed by atoms with Crippen molar-refractivity contribution >= 4 is 29.3 Å². The van der Waals surface area contributed by atoms with E-state index in [2.05, 4.69) is 10.6 Å². The Morgan fingerprint density at radius 2 is 2.05 bits per heavy atom. The molecule has 0 radical (unpaired) electrons. The molecule has 0 aliphatic heterocycles. The number of phenols is 2. The molecule has 110 valence electrons. The molecular weight excluding hydrogens is 284 g/mol. The van der Waals surface area contributed by atoms with Crippen molar-refractivity contribution in [3.63, 3.8) is 0 Å². The molecule has 0 heterocycles. The zero-order valence-electron chi connectivity index (χ0n) is 11.4. The van der Waals surface area contributed by atoms with Gasteiger partial charge in [0.2, 0.25) is 0 Å². The molecule has 0 unspecified atom stereocenters. The lowest BCUT2D eigenvalue weighted by Crippen LogP contribution is -2.46. The molecule has 2 amide bonds. The molecule has 0 fully saturated rings. The normalized spacial score (nSPS) is 10.0. The van der Waals surface area contributed by atoms with Gasteiger partial charge in [-0.05, 0) is 13.8 Å². The zero-order valence-corrected chi connectivity index (χ0v) is 12.2. The smallest absolute Gasteiger partial charge is 0.328 e. The second-order valence-corrected chi connectivity index (χ2v) is 4.47. The summed E-state index contributed by atoms with van der Waals surface area (Å²) in [6.45, 7) is 3.85. The molecule has 8 heteroatoms. The number of carbonyl (C=O) groups excluding carboxylic acids is 1. The number of carbonyl (C=O) groups is 1. The molecule has 0 aliphatic carbocycles. The van der Waals surface area contributed by atoms with E-state index >= 15 is 0 Å². The molecule has 1 rings (SSSR count). The maximum Gasteiger partial charge on any atom is 0.328 e. The van der Waals surface area contributed by atoms with Crippen molar-refractivity contribution in [2.45, 2.75) is 13.8 Å². The van der Waals surface area contributed by atoms with Crippen LogP contribution in [0.2, 0.25) is 5.02 Å². The summed E-state index contributed by atoms with van der Waals surface area (Å²) in [5.74, 6) is -0.656. The molecule has 5 N–H and O–H groups in total. The fourth-order valence-corrected chi connectivity index (χ4v) is 1.94. The van der Waals surface area contributed by atoms with Gasteiger partial charge in [0.15, 0.2) is 5.96 Å². The largest absolute Gasteiger partial charge is 0.507 e. The molecule has 0 atom stereocenters. The Bertz CT molecular complexity index is 522. The molecular formula is C12H17ClN4O3. The monoisotopic (exact) mass is 300 g/mol. The van der Waals surface area contributed by atoms with Crippen molar-refractivity contribution in [3.8, 4) is 11.5 Å². The first-order chi connectivity index (χ1) is 9.29. The van der Waals surface area contributed by atoms with Crippen molar-refractivity contribution in [1.82, 2.24) is 10.6 Å². The Hall–Kier alpha value is -2.15. The van der Waals surface area contributed by atoms with E-state index in [1.54, 1.807) is 13.8 Å². The predicted octanol–water partition coefficient (Wildman–Crippen LogP) is 1.75. The lowest BCUT2D eigenvalue weighted by Gasteiger charge is -2.22. The maximum absolute atomic E-state index is 12.0. The van der Waals surface area contributed by atoms with Crippen molar-refractivity contribution in [2.75, 3.05) is 18.5 Å². The third-order valence-corrected chi connectivity index (χ3v) is 3.04. The van der Waals surface area contributed by atoms with Crippen LogP contribution in [0.25, 0.3) is 0 Å². The standard InChI is InChI=1S/C12H17ClN4O3/c1-4-15-11(14)16-12(20)17(3)10-6(2)7(18)5-8(19)9(10)13/h5,18-19H,4H2,1-3H3,(H3,14,15,16,20). The summed E-state index contributed by atoms with van der Waals surface area (Å²) in [6.07, 6.45) is 0. The second kappa shape index (κ2) is 6.33. The number of amides is 2. The quantitative estimate of drug-likeness (QED) is 0.423. The summed E-state index contributed by atoms with van der Waals surface area (Å²) in [6, 6.07) is 0.485. The minimum absolute atomic E-state index is 0.0482. The maximum atomic E-state index is 12.0. The van der Waals surface area contributed by atoms with Crippen LogP contribution in [0.5, 0.6) is 11.5 Å². The van der Waals surface area contributed by atoms with E-state index in [0.29, 0.717) is 12.1 Å². The Morgan fingerprint density at radius 1 is 1.45 bits per heavy atom. The van der Waals surface area contributed by atoms with Crippen LogP contribution in [-0.2, 0) is 0 Å². The summed E-state index contributed by atoms with van der Waals surface area (Å²) in [7, 11) is 1.42. The van der Waals surface area contributed by atoms with Gasteiger partial charge >= 0.3 is 6.03 Å². The van der Waals surface area contributed by atoms with Gasteiger partial charge in [0.25, 0.3) is 0 Å². The van der Waals surface area contributed by atoms with E-state index in [1.807, 2.05) is 0 Å². The van der Waals surface area contributed by atoms with Gasteiger partial charge in [-0.1, -0.05) is 11.6 Å². The van der Waals surface area contributed by atoms with Gasteiger partial charge < -0.3 is 15.5 Å². The second-order valence-electron chi connectivity index (χ2n) is 4.10. The van der Waals surface area contributed by atoms with E-state index < -0.39 is 6.03 Å². The van der Waals surface area contributed by atoms with Crippen LogP contribution in [-0.4, -0.2) is 35.8 Å². The molecule has 20 heavy (non-hydrogen) atoms. The summed E-state index contributed by atoms with van der Waals surface area (Å²) < 4.78 is 0. The minimum atomic E-state index is -0.619. The lowest BCUT2D eigenvalue weighted by atomic mass is 10.1. The van der Waals surface area contributed by atoms with Gasteiger partial charge in [0.05, 0.1) is 5.69 Å². The van der Waals surface area contributed by atoms with Gasteiger partial charge in [0, 0.05) is 25.2 Å². The number of nitrogens with zero attached hydrogens (tertiary/aromatic N) is 1. The summed E-state index contributed by atoms with van der Waals surface area (Å²) in [4.78, 5) is 13.1. The topological polar surface area (TPSA) is 109 Å². The summed E-state index contributed by atoms with van der Waals surface area (Å²) >= 11 is 5.96. The molecule has 0 aromatic heterocycles. The van der Waals surface area contributed by atoms with Gasteiger partial charge in [-0.3, -0.25) is 15.6 Å². The van der Waals surface area contributed by atoms with Crippen LogP contribution < -0.4 is 15.5 Å². The number of nitrogens with one attached hydrogen (secondary N) is 3. The number of anilines is 1. The number of benzene rings is 1. The number of halogens is 1. The average Bonchev–Trinajstić information content (AvgIpc) is 2.36. The van der Waals surface area contributed by atoms with Crippen molar-refractivity contribution < 1.29 is 15.0 Å². The molecule has 0 spiro atoms. The highest BCUT2D eigenvalue weighted by Crippen LogP contribution is 2.41. The summed E-state index contributed by atoms with van der Waals surface area (Å²) in [5.41, 5.74) is 0.520. The fourth-order valence-electron chi connectivity index (χ4n) is 1.62. The van der Waals surface area contributed by atoms with E-state index in [1.165, 1.54) is 7.05 Å². The first-order valence-electron chi connectivity index (χ1n) is 5.87. The van der Waals surface area contributed by atoms with Crippen LogP contribution in [0.1, 0.15) is 12.5 Å². The van der Waals surface area contributed by atoms with Crippen LogP contribution in [0.15, 0.2) is 6.07 Å². The molecule has 0 bridgehead atoms. The average molecular weight is 301 g/mol. The third-order valence-electron chi connectivity index (χ3n) is 2.67. The van der Waals surface area contributed by atoms with Crippen molar-refractivity contribution in [2.24, 2.45) is 0 Å². The van der Waals surface area contributed by atoms with Gasteiger partial charge in [-0.15, -0.1) is 0 Å². The van der Waals surface area contributed by atoms with Crippen molar-refractivity contribution in [3.05, 3.63) is 16.7 Å². The lowest BCUT2D eigenvalue weighted by molar-refractivity contribution is 0.251. The Labute approximate surface area is 121 Å². The van der Waals surface area contributed by atoms with E-state index in [9.17, 15) is 15.0 Å². The molecule has 1 aromatic carbocycles. The number of urea groups is 1. The van der Waals surface area contributed by atoms with Crippen LogP contribution in [0.3, 0.4) is 0 Å². The highest BCUT2D eigenvalue weighted by atomic mass is 35.5. The number of rotatable bonds is 2. The molecule has 0 saturated carbocycles. The number of hydrogen-bond donors (Lipinski definition) is 5. The van der Waals surface area contributed by atoms with E-state index in [-0.39, 0.29) is 28.2 Å². The Balaban J connectivity index is 3.06. The van der Waals surface area contributed by atoms with E-state index in [4.69, 9.17) is 17.0 Å². The predicted molar refractivity (Wildman–Crippen MR) is 77.9 cm³/mol. The SMILES string of the molecule is CCNC(=N)NC(=O)N(C)c1c(C)c(O)cc(O)c1Cl. The fraction of sp³-hybridized carbons (Fsp3) is 0.333. The molecule has 0 saturated heterocycles. The summed E-state index contributed by atoms with van der Waals surface area (Å²) in [5, 5.41) is 31.6. The van der Waals surface area contributed by atoms with Crippen LogP contribution in [0, 0.1) is 12.3 Å². The highest BCUT2D eigenvalue weighted by Gasteiger charge is 2.21. The third kappa shape index (κ3) is 3.24. The zero-order chi connectivity index (χ0) is 15.4. The number of hydrogen-bond acceptors (Lipinski definition) is 4. The van der Waals surface area contributed by atoms with Crippen LogP contribution >= 0.6 is 11.6 Å². The van der Waals surface area contributed by atoms with Crippen LogP contribution in [0.4, 0.5) is 10.5 Å².